The first-order valence-corrected chi connectivity index (χ1v) is 8.59. The van der Waals surface area contributed by atoms with Crippen LogP contribution in [0.4, 0.5) is 0 Å². The molecule has 0 amide bonds. The number of hydrogen-bond acceptors (Lipinski definition) is 2. The van der Waals surface area contributed by atoms with Crippen LogP contribution >= 0.6 is 0 Å². The third-order valence-corrected chi connectivity index (χ3v) is 4.87. The third-order valence-electron chi connectivity index (χ3n) is 4.87. The zero-order valence-corrected chi connectivity index (χ0v) is 14.2. The number of aryl methyl sites for hydroxylation is 1. The van der Waals surface area contributed by atoms with E-state index in [9.17, 15) is 0 Å². The molecule has 0 aromatic heterocycles. The van der Waals surface area contributed by atoms with Crippen molar-refractivity contribution in [2.45, 2.75) is 20.1 Å². The van der Waals surface area contributed by atoms with E-state index >= 15 is 0 Å². The highest BCUT2D eigenvalue weighted by molar-refractivity contribution is 6.10. The number of benzene rings is 4. The van der Waals surface area contributed by atoms with Gasteiger partial charge in [0.2, 0.25) is 6.29 Å². The summed E-state index contributed by atoms with van der Waals surface area (Å²) in [4.78, 5) is 0. The van der Waals surface area contributed by atoms with Gasteiger partial charge in [0.25, 0.3) is 0 Å². The highest BCUT2D eigenvalue weighted by Crippen LogP contribution is 2.47. The molecule has 1 aliphatic rings. The smallest absolute Gasteiger partial charge is 0.238 e. The first-order valence-electron chi connectivity index (χ1n) is 8.59. The first-order chi connectivity index (χ1) is 12.2. The van der Waals surface area contributed by atoms with Crippen molar-refractivity contribution < 1.29 is 9.47 Å². The van der Waals surface area contributed by atoms with Crippen LogP contribution in [-0.2, 0) is 0 Å². The zero-order valence-electron chi connectivity index (χ0n) is 14.2. The van der Waals surface area contributed by atoms with Gasteiger partial charge < -0.3 is 9.47 Å². The topological polar surface area (TPSA) is 18.5 Å². The van der Waals surface area contributed by atoms with E-state index in [1.807, 2.05) is 6.92 Å². The highest BCUT2D eigenvalue weighted by atomic mass is 16.7. The Morgan fingerprint density at radius 2 is 1.28 bits per heavy atom. The fraction of sp³-hybridized carbons (Fsp3) is 0.130. The molecule has 0 spiro atoms. The summed E-state index contributed by atoms with van der Waals surface area (Å²) in [6.07, 6.45) is -0.330. The van der Waals surface area contributed by atoms with Gasteiger partial charge >= 0.3 is 0 Å². The van der Waals surface area contributed by atoms with Gasteiger partial charge in [0.1, 0.15) is 11.5 Å². The average molecular weight is 326 g/mol. The molecule has 1 unspecified atom stereocenters. The lowest BCUT2D eigenvalue weighted by Crippen LogP contribution is -2.18. The number of fused-ring (bicyclic) bond motifs is 7. The van der Waals surface area contributed by atoms with Crippen molar-refractivity contribution in [1.29, 1.82) is 0 Å². The molecule has 122 valence electrons. The van der Waals surface area contributed by atoms with E-state index in [0.717, 1.165) is 22.6 Å². The van der Waals surface area contributed by atoms with Crippen LogP contribution in [0.15, 0.2) is 66.7 Å². The molecule has 0 saturated carbocycles. The molecule has 2 heteroatoms. The van der Waals surface area contributed by atoms with Crippen LogP contribution in [0.5, 0.6) is 11.5 Å². The van der Waals surface area contributed by atoms with Gasteiger partial charge in [0.15, 0.2) is 0 Å². The molecule has 4 aromatic rings. The fourth-order valence-corrected chi connectivity index (χ4v) is 3.76. The summed E-state index contributed by atoms with van der Waals surface area (Å²) in [5.41, 5.74) is 3.48. The Hall–Kier alpha value is -3.00. The molecule has 25 heavy (non-hydrogen) atoms. The van der Waals surface area contributed by atoms with Crippen LogP contribution in [0.2, 0.25) is 0 Å². The molecular formula is C23H18O2. The Balaban J connectivity index is 2.00. The summed E-state index contributed by atoms with van der Waals surface area (Å²) < 4.78 is 12.2. The van der Waals surface area contributed by atoms with Crippen molar-refractivity contribution in [3.8, 4) is 22.6 Å². The van der Waals surface area contributed by atoms with Crippen molar-refractivity contribution in [3.05, 3.63) is 72.3 Å². The second kappa shape index (κ2) is 5.25. The van der Waals surface area contributed by atoms with Crippen LogP contribution < -0.4 is 9.47 Å². The minimum atomic E-state index is -0.330. The molecule has 1 aliphatic heterocycles. The molecule has 0 bridgehead atoms. The number of rotatable bonds is 0. The molecular weight excluding hydrogens is 308 g/mol. The Morgan fingerprint density at radius 1 is 0.680 bits per heavy atom. The average Bonchev–Trinajstić information content (AvgIpc) is 2.77. The maximum atomic E-state index is 6.11. The van der Waals surface area contributed by atoms with Crippen LogP contribution in [-0.4, -0.2) is 6.29 Å². The van der Waals surface area contributed by atoms with Gasteiger partial charge in [-0.2, -0.15) is 0 Å². The zero-order chi connectivity index (χ0) is 17.0. The van der Waals surface area contributed by atoms with Gasteiger partial charge in [0.05, 0.1) is 0 Å². The van der Waals surface area contributed by atoms with Gasteiger partial charge in [-0.3, -0.25) is 0 Å². The maximum Gasteiger partial charge on any atom is 0.238 e. The van der Waals surface area contributed by atoms with Crippen LogP contribution in [0.1, 0.15) is 12.5 Å². The summed E-state index contributed by atoms with van der Waals surface area (Å²) in [6, 6.07) is 23.4. The quantitative estimate of drug-likeness (QED) is 0.389. The van der Waals surface area contributed by atoms with Gasteiger partial charge in [0, 0.05) is 18.1 Å². The minimum absolute atomic E-state index is 0.330. The summed E-state index contributed by atoms with van der Waals surface area (Å²) in [5, 5.41) is 4.80. The molecule has 1 heterocycles. The second-order valence-electron chi connectivity index (χ2n) is 6.63. The van der Waals surface area contributed by atoms with Crippen LogP contribution in [0.25, 0.3) is 32.7 Å². The standard InChI is InChI=1S/C23H18O2/c1-14-7-8-17-10-12-21-23(19(17)13-14)22-18-6-4-3-5-16(18)9-11-20(22)24-15(2)25-21/h3-13,15H,1-2H3. The molecule has 0 radical (unpaired) electrons. The van der Waals surface area contributed by atoms with Gasteiger partial charge in [-0.15, -0.1) is 0 Å². The van der Waals surface area contributed by atoms with Crippen LogP contribution in [0, 0.1) is 6.92 Å². The monoisotopic (exact) mass is 326 g/mol. The third kappa shape index (κ3) is 2.18. The fourth-order valence-electron chi connectivity index (χ4n) is 3.76. The molecule has 5 rings (SSSR count). The SMILES string of the molecule is Cc1ccc2ccc3c(c2c1)-c1c(ccc2ccccc12)OC(C)O3. The Labute approximate surface area is 146 Å². The van der Waals surface area contributed by atoms with Gasteiger partial charge in [-0.1, -0.05) is 60.2 Å². The second-order valence-corrected chi connectivity index (χ2v) is 6.63. The molecule has 0 fully saturated rings. The van der Waals surface area contributed by atoms with E-state index < -0.39 is 0 Å². The lowest BCUT2D eigenvalue weighted by Gasteiger charge is -2.14. The maximum absolute atomic E-state index is 6.11. The Morgan fingerprint density at radius 3 is 2.04 bits per heavy atom. The van der Waals surface area contributed by atoms with Crippen molar-refractivity contribution >= 4 is 21.5 Å². The largest absolute Gasteiger partial charge is 0.455 e. The van der Waals surface area contributed by atoms with Gasteiger partial charge in [-0.25, -0.2) is 0 Å². The van der Waals surface area contributed by atoms with Crippen molar-refractivity contribution in [3.63, 3.8) is 0 Å². The Bertz CT molecular complexity index is 1130. The molecule has 4 aromatic carbocycles. The minimum Gasteiger partial charge on any atom is -0.455 e. The van der Waals surface area contributed by atoms with E-state index in [4.69, 9.17) is 9.47 Å². The Kier molecular flexibility index (Phi) is 3.01. The van der Waals surface area contributed by atoms with Gasteiger partial charge in [-0.05, 0) is 40.6 Å². The van der Waals surface area contributed by atoms with E-state index in [1.165, 1.54) is 27.1 Å². The molecule has 1 atom stereocenters. The molecule has 0 N–H and O–H groups in total. The molecule has 2 nitrogen and oxygen atoms in total. The first kappa shape index (κ1) is 14.4. The summed E-state index contributed by atoms with van der Waals surface area (Å²) in [6.45, 7) is 4.06. The predicted octanol–water partition coefficient (Wildman–Crippen LogP) is 6.09. The van der Waals surface area contributed by atoms with Crippen molar-refractivity contribution in [1.82, 2.24) is 0 Å². The predicted molar refractivity (Wildman–Crippen MR) is 102 cm³/mol. The highest BCUT2D eigenvalue weighted by Gasteiger charge is 2.24. The summed E-state index contributed by atoms with van der Waals surface area (Å²) >= 11 is 0. The molecule has 0 aliphatic carbocycles. The summed E-state index contributed by atoms with van der Waals surface area (Å²) in [5.74, 6) is 1.75. The summed E-state index contributed by atoms with van der Waals surface area (Å²) in [7, 11) is 0. The lowest BCUT2D eigenvalue weighted by atomic mass is 9.92. The van der Waals surface area contributed by atoms with E-state index in [0.29, 0.717) is 0 Å². The van der Waals surface area contributed by atoms with E-state index in [2.05, 4.69) is 73.7 Å². The lowest BCUT2D eigenvalue weighted by molar-refractivity contribution is 0.0264. The van der Waals surface area contributed by atoms with E-state index in [-0.39, 0.29) is 6.29 Å². The van der Waals surface area contributed by atoms with E-state index in [1.54, 1.807) is 0 Å². The normalized spacial score (nSPS) is 15.8. The molecule has 0 saturated heterocycles. The van der Waals surface area contributed by atoms with Crippen LogP contribution in [0.3, 0.4) is 0 Å². The number of ether oxygens (including phenoxy) is 2. The number of hydrogen-bond donors (Lipinski definition) is 0. The van der Waals surface area contributed by atoms with Crippen molar-refractivity contribution in [2.75, 3.05) is 0 Å². The van der Waals surface area contributed by atoms with Crippen molar-refractivity contribution in [2.24, 2.45) is 0 Å².